The van der Waals surface area contributed by atoms with Crippen LogP contribution in [0.5, 0.6) is 0 Å². The summed E-state index contributed by atoms with van der Waals surface area (Å²) < 4.78 is 0. The van der Waals surface area contributed by atoms with Crippen molar-refractivity contribution in [1.29, 1.82) is 0 Å². The van der Waals surface area contributed by atoms with Crippen LogP contribution >= 0.6 is 0 Å². The molecule has 0 bridgehead atoms. The molecule has 0 aliphatic carbocycles. The number of nitrogens with one attached hydrogen (secondary N) is 2. The Hall–Kier alpha value is -2.95. The highest BCUT2D eigenvalue weighted by Gasteiger charge is 2.31. The molecule has 0 fully saturated rings. The number of anilines is 2. The van der Waals surface area contributed by atoms with Crippen LogP contribution in [0.3, 0.4) is 0 Å². The molecule has 5 nitrogen and oxygen atoms in total. The lowest BCUT2D eigenvalue weighted by molar-refractivity contribution is -0.117. The summed E-state index contributed by atoms with van der Waals surface area (Å²) in [5, 5.41) is 5.68. The highest BCUT2D eigenvalue weighted by atomic mass is 16.2. The first kappa shape index (κ1) is 15.9. The number of hydrogen-bond acceptors (Lipinski definition) is 3. The Morgan fingerprint density at radius 1 is 1.25 bits per heavy atom. The zero-order valence-electron chi connectivity index (χ0n) is 13.7. The van der Waals surface area contributed by atoms with Gasteiger partial charge in [0.1, 0.15) is 0 Å². The van der Waals surface area contributed by atoms with Crippen LogP contribution in [0.4, 0.5) is 11.4 Å². The molecule has 1 aromatic heterocycles. The summed E-state index contributed by atoms with van der Waals surface area (Å²) in [6.07, 6.45) is 7.00. The predicted molar refractivity (Wildman–Crippen MR) is 94.6 cm³/mol. The summed E-state index contributed by atoms with van der Waals surface area (Å²) in [5.41, 5.74) is 3.18. The van der Waals surface area contributed by atoms with Gasteiger partial charge in [-0.2, -0.15) is 0 Å². The quantitative estimate of drug-likeness (QED) is 0.852. The molecule has 2 N–H and O–H groups in total. The van der Waals surface area contributed by atoms with Crippen LogP contribution in [0.2, 0.25) is 0 Å². The monoisotopic (exact) mass is 321 g/mol. The second-order valence-electron chi connectivity index (χ2n) is 6.47. The minimum absolute atomic E-state index is 0.00596. The molecule has 1 aromatic carbocycles. The number of amides is 2. The van der Waals surface area contributed by atoms with E-state index in [1.807, 2.05) is 38.1 Å². The number of pyridine rings is 1. The zero-order valence-corrected chi connectivity index (χ0v) is 13.7. The van der Waals surface area contributed by atoms with E-state index in [2.05, 4.69) is 15.6 Å². The van der Waals surface area contributed by atoms with Gasteiger partial charge in [0.25, 0.3) is 0 Å². The smallest absolute Gasteiger partial charge is 0.248 e. The molecule has 1 aliphatic heterocycles. The second-order valence-corrected chi connectivity index (χ2v) is 6.47. The normalized spacial score (nSPS) is 15.7. The van der Waals surface area contributed by atoms with Crippen molar-refractivity contribution in [3.8, 4) is 0 Å². The summed E-state index contributed by atoms with van der Waals surface area (Å²) >= 11 is 0. The summed E-state index contributed by atoms with van der Waals surface area (Å²) in [7, 11) is 0. The van der Waals surface area contributed by atoms with Crippen LogP contribution < -0.4 is 10.6 Å². The fraction of sp³-hybridized carbons (Fsp3) is 0.211. The van der Waals surface area contributed by atoms with E-state index < -0.39 is 0 Å². The van der Waals surface area contributed by atoms with E-state index in [1.54, 1.807) is 24.5 Å². The van der Waals surface area contributed by atoms with E-state index >= 15 is 0 Å². The van der Waals surface area contributed by atoms with Crippen molar-refractivity contribution in [1.82, 2.24) is 4.98 Å². The van der Waals surface area contributed by atoms with Crippen molar-refractivity contribution in [2.75, 3.05) is 10.6 Å². The third-order valence-corrected chi connectivity index (χ3v) is 4.03. The lowest BCUT2D eigenvalue weighted by Crippen LogP contribution is -2.32. The standard InChI is InChI=1S/C19H19N3O2/c1-19(2)12-18(24)22-16-11-14(4-5-15(16)19)21-17(23)6-3-13-7-9-20-10-8-13/h3-11H,12H2,1-2H3,(H,21,23)(H,22,24). The molecule has 24 heavy (non-hydrogen) atoms. The highest BCUT2D eigenvalue weighted by molar-refractivity contribution is 6.03. The van der Waals surface area contributed by atoms with Gasteiger partial charge >= 0.3 is 0 Å². The minimum atomic E-state index is -0.229. The molecule has 5 heteroatoms. The van der Waals surface area contributed by atoms with E-state index in [9.17, 15) is 9.59 Å². The summed E-state index contributed by atoms with van der Waals surface area (Å²) in [6.45, 7) is 4.08. The minimum Gasteiger partial charge on any atom is -0.326 e. The van der Waals surface area contributed by atoms with Crippen molar-refractivity contribution in [2.24, 2.45) is 0 Å². The van der Waals surface area contributed by atoms with Gasteiger partial charge in [-0.1, -0.05) is 19.9 Å². The predicted octanol–water partition coefficient (Wildman–Crippen LogP) is 3.35. The highest BCUT2D eigenvalue weighted by Crippen LogP contribution is 2.38. The Kier molecular flexibility index (Phi) is 4.16. The number of aromatic nitrogens is 1. The molecular weight excluding hydrogens is 302 g/mol. The van der Waals surface area contributed by atoms with Crippen molar-refractivity contribution in [3.63, 3.8) is 0 Å². The first-order valence-corrected chi connectivity index (χ1v) is 7.77. The van der Waals surface area contributed by atoms with Gasteiger partial charge < -0.3 is 10.6 Å². The number of hydrogen-bond donors (Lipinski definition) is 2. The molecule has 2 aromatic rings. The Bertz CT molecular complexity index is 811. The zero-order chi connectivity index (χ0) is 17.2. The van der Waals surface area contributed by atoms with Crippen LogP contribution in [-0.2, 0) is 15.0 Å². The number of fused-ring (bicyclic) bond motifs is 1. The average molecular weight is 321 g/mol. The van der Waals surface area contributed by atoms with Gasteiger partial charge in [-0.15, -0.1) is 0 Å². The van der Waals surface area contributed by atoms with E-state index in [4.69, 9.17) is 0 Å². The molecule has 1 aliphatic rings. The molecule has 122 valence electrons. The number of rotatable bonds is 3. The molecule has 0 unspecified atom stereocenters. The van der Waals surface area contributed by atoms with Gasteiger partial charge in [0.05, 0.1) is 0 Å². The van der Waals surface area contributed by atoms with Gasteiger partial charge in [-0.05, 0) is 41.5 Å². The first-order valence-electron chi connectivity index (χ1n) is 7.77. The van der Waals surface area contributed by atoms with Gasteiger partial charge in [0, 0.05) is 41.7 Å². The summed E-state index contributed by atoms with van der Waals surface area (Å²) in [6, 6.07) is 9.25. The maximum atomic E-state index is 12.0. The van der Waals surface area contributed by atoms with Gasteiger partial charge in [-0.25, -0.2) is 0 Å². The van der Waals surface area contributed by atoms with E-state index in [0.717, 1.165) is 16.8 Å². The lowest BCUT2D eigenvalue weighted by Gasteiger charge is -2.32. The third kappa shape index (κ3) is 3.51. The Morgan fingerprint density at radius 2 is 2.00 bits per heavy atom. The SMILES string of the molecule is CC1(C)CC(=O)Nc2cc(NC(=O)C=Cc3ccncc3)ccc21. The molecule has 0 saturated heterocycles. The molecule has 0 radical (unpaired) electrons. The van der Waals surface area contributed by atoms with Gasteiger partial charge in [0.2, 0.25) is 11.8 Å². The topological polar surface area (TPSA) is 71.1 Å². The van der Waals surface area contributed by atoms with E-state index in [0.29, 0.717) is 12.1 Å². The largest absolute Gasteiger partial charge is 0.326 e. The molecular formula is C19H19N3O2. The Balaban J connectivity index is 1.75. The van der Waals surface area contributed by atoms with E-state index in [-0.39, 0.29) is 17.2 Å². The lowest BCUT2D eigenvalue weighted by atomic mass is 9.78. The van der Waals surface area contributed by atoms with Crippen molar-refractivity contribution in [2.45, 2.75) is 25.7 Å². The van der Waals surface area contributed by atoms with Gasteiger partial charge in [0.15, 0.2) is 0 Å². The Morgan fingerprint density at radius 3 is 2.75 bits per heavy atom. The number of nitrogens with zero attached hydrogens (tertiary/aromatic N) is 1. The number of carbonyl (C=O) groups is 2. The molecule has 0 atom stereocenters. The second kappa shape index (κ2) is 6.28. The maximum absolute atomic E-state index is 12.0. The number of carbonyl (C=O) groups excluding carboxylic acids is 2. The van der Waals surface area contributed by atoms with Crippen LogP contribution in [0.25, 0.3) is 6.08 Å². The fourth-order valence-corrected chi connectivity index (χ4v) is 2.84. The average Bonchev–Trinajstić information content (AvgIpc) is 2.52. The van der Waals surface area contributed by atoms with Crippen LogP contribution in [0.1, 0.15) is 31.4 Å². The van der Waals surface area contributed by atoms with Crippen LogP contribution in [-0.4, -0.2) is 16.8 Å². The first-order chi connectivity index (χ1) is 11.4. The van der Waals surface area contributed by atoms with Crippen LogP contribution in [0.15, 0.2) is 48.8 Å². The maximum Gasteiger partial charge on any atom is 0.248 e. The van der Waals surface area contributed by atoms with Crippen LogP contribution in [0, 0.1) is 0 Å². The van der Waals surface area contributed by atoms with Gasteiger partial charge in [-0.3, -0.25) is 14.6 Å². The number of benzene rings is 1. The third-order valence-electron chi connectivity index (χ3n) is 4.03. The summed E-state index contributed by atoms with van der Waals surface area (Å²) in [5.74, 6) is -0.235. The molecule has 3 rings (SSSR count). The summed E-state index contributed by atoms with van der Waals surface area (Å²) in [4.78, 5) is 27.8. The molecule has 2 amide bonds. The molecule has 0 spiro atoms. The van der Waals surface area contributed by atoms with Crippen molar-refractivity contribution >= 4 is 29.3 Å². The molecule has 2 heterocycles. The Labute approximate surface area is 140 Å². The van der Waals surface area contributed by atoms with E-state index in [1.165, 1.54) is 6.08 Å². The molecule has 0 saturated carbocycles. The van der Waals surface area contributed by atoms with Crippen molar-refractivity contribution < 1.29 is 9.59 Å². The fourth-order valence-electron chi connectivity index (χ4n) is 2.84. The van der Waals surface area contributed by atoms with Crippen molar-refractivity contribution in [3.05, 3.63) is 59.9 Å².